The van der Waals surface area contributed by atoms with Crippen LogP contribution in [0.25, 0.3) is 0 Å². The van der Waals surface area contributed by atoms with Gasteiger partial charge >= 0.3 is 11.9 Å². The second-order valence-electron chi connectivity index (χ2n) is 8.86. The van der Waals surface area contributed by atoms with Crippen molar-refractivity contribution in [3.05, 3.63) is 91.2 Å². The predicted octanol–water partition coefficient (Wildman–Crippen LogP) is 3.58. The normalized spacial score (nSPS) is 13.1. The molecule has 1 aliphatic carbocycles. The number of halogens is 2. The van der Waals surface area contributed by atoms with E-state index in [4.69, 9.17) is 27.9 Å². The third kappa shape index (κ3) is 8.49. The highest BCUT2D eigenvalue weighted by atomic mass is 35.5. The van der Waals surface area contributed by atoms with Crippen molar-refractivity contribution >= 4 is 35.1 Å². The summed E-state index contributed by atoms with van der Waals surface area (Å²) in [4.78, 5) is 54.2. The van der Waals surface area contributed by atoms with Gasteiger partial charge in [-0.05, 0) is 62.6 Å². The molecule has 39 heavy (non-hydrogen) atoms. The summed E-state index contributed by atoms with van der Waals surface area (Å²) in [5.74, 6) is -0.890. The van der Waals surface area contributed by atoms with Crippen LogP contribution >= 0.6 is 23.2 Å². The van der Waals surface area contributed by atoms with Crippen LogP contribution in [0.2, 0.25) is 10.2 Å². The number of esters is 2. The highest BCUT2D eigenvalue weighted by molar-refractivity contribution is 6.30. The van der Waals surface area contributed by atoms with Crippen LogP contribution in [-0.2, 0) is 44.0 Å². The second kappa shape index (κ2) is 14.0. The molecule has 1 aromatic carbocycles. The SMILES string of the molecule is CCOC(=O)Cn1ccnc(CCC2(c3ccc(Cl)cc3)CC2)c1=O.CCOC(=O)Cn1ccnc(Cl)c1=O. The zero-order valence-corrected chi connectivity index (χ0v) is 23.3. The van der Waals surface area contributed by atoms with Crippen molar-refractivity contribution in [1.29, 1.82) is 0 Å². The maximum Gasteiger partial charge on any atom is 0.326 e. The number of carbonyl (C=O) groups excluding carboxylic acids is 2. The molecule has 1 fully saturated rings. The lowest BCUT2D eigenvalue weighted by Crippen LogP contribution is -2.29. The fourth-order valence-electron chi connectivity index (χ4n) is 4.02. The Morgan fingerprint density at radius 2 is 1.41 bits per heavy atom. The predicted molar refractivity (Wildman–Crippen MR) is 146 cm³/mol. The molecule has 0 aliphatic heterocycles. The first-order valence-corrected chi connectivity index (χ1v) is 13.3. The van der Waals surface area contributed by atoms with E-state index in [0.717, 1.165) is 28.9 Å². The zero-order valence-electron chi connectivity index (χ0n) is 21.8. The van der Waals surface area contributed by atoms with Gasteiger partial charge in [0.15, 0.2) is 5.15 Å². The molecular formula is C27H30Cl2N4O6. The van der Waals surface area contributed by atoms with E-state index in [1.165, 1.54) is 28.7 Å². The maximum atomic E-state index is 12.5. The standard InChI is InChI=1S/C19H21ClN2O3.C8H9ClN2O3/c1-2-25-17(23)13-22-12-11-21-16(18(22)24)7-8-19(9-10-19)14-3-5-15(20)6-4-14;1-2-14-6(12)5-11-4-3-10-7(9)8(11)13/h3-6,11-12H,2,7-10,13H2,1H3;3-4H,2,5H2,1H3. The highest BCUT2D eigenvalue weighted by Crippen LogP contribution is 2.51. The highest BCUT2D eigenvalue weighted by Gasteiger charge is 2.43. The first-order valence-electron chi connectivity index (χ1n) is 12.5. The van der Waals surface area contributed by atoms with Crippen LogP contribution in [0.4, 0.5) is 0 Å². The van der Waals surface area contributed by atoms with Gasteiger partial charge in [0.05, 0.1) is 13.2 Å². The van der Waals surface area contributed by atoms with Crippen LogP contribution in [0, 0.1) is 0 Å². The number of ether oxygens (including phenoxy) is 2. The molecular weight excluding hydrogens is 547 g/mol. The largest absolute Gasteiger partial charge is 0.465 e. The Labute approximate surface area is 235 Å². The molecule has 0 atom stereocenters. The average Bonchev–Trinajstić information content (AvgIpc) is 3.69. The van der Waals surface area contributed by atoms with Gasteiger partial charge in [-0.25, -0.2) is 4.98 Å². The lowest BCUT2D eigenvalue weighted by molar-refractivity contribution is -0.144. The van der Waals surface area contributed by atoms with Gasteiger partial charge in [-0.1, -0.05) is 35.3 Å². The van der Waals surface area contributed by atoms with E-state index >= 15 is 0 Å². The molecule has 2 heterocycles. The van der Waals surface area contributed by atoms with Crippen molar-refractivity contribution in [3.63, 3.8) is 0 Å². The summed E-state index contributed by atoms with van der Waals surface area (Å²) >= 11 is 11.4. The Hall–Kier alpha value is -3.50. The van der Waals surface area contributed by atoms with Gasteiger partial charge in [-0.3, -0.25) is 24.2 Å². The van der Waals surface area contributed by atoms with Crippen molar-refractivity contribution in [1.82, 2.24) is 19.1 Å². The summed E-state index contributed by atoms with van der Waals surface area (Å²) in [7, 11) is 0. The van der Waals surface area contributed by atoms with E-state index in [0.29, 0.717) is 18.7 Å². The number of hydrogen-bond donors (Lipinski definition) is 0. The smallest absolute Gasteiger partial charge is 0.326 e. The summed E-state index contributed by atoms with van der Waals surface area (Å²) in [6.45, 7) is 3.80. The third-order valence-corrected chi connectivity index (χ3v) is 6.73. The number of aryl methyl sites for hydroxylation is 1. The minimum Gasteiger partial charge on any atom is -0.465 e. The summed E-state index contributed by atoms with van der Waals surface area (Å²) in [5.41, 5.74) is 1.16. The van der Waals surface area contributed by atoms with Gasteiger partial charge in [0, 0.05) is 29.8 Å². The first kappa shape index (κ1) is 30.0. The van der Waals surface area contributed by atoms with E-state index in [1.807, 2.05) is 12.1 Å². The van der Waals surface area contributed by atoms with Crippen LogP contribution in [0.1, 0.15) is 44.4 Å². The van der Waals surface area contributed by atoms with Crippen LogP contribution < -0.4 is 11.1 Å². The van der Waals surface area contributed by atoms with Crippen molar-refractivity contribution in [2.75, 3.05) is 13.2 Å². The minimum atomic E-state index is -0.498. The van der Waals surface area contributed by atoms with Crippen LogP contribution in [0.5, 0.6) is 0 Å². The van der Waals surface area contributed by atoms with Crippen LogP contribution in [0.3, 0.4) is 0 Å². The summed E-state index contributed by atoms with van der Waals surface area (Å²) in [6, 6.07) is 7.94. The fourth-order valence-corrected chi connectivity index (χ4v) is 4.31. The zero-order chi connectivity index (χ0) is 28.4. The number of benzene rings is 1. The third-order valence-electron chi connectivity index (χ3n) is 6.22. The summed E-state index contributed by atoms with van der Waals surface area (Å²) < 4.78 is 12.1. The number of carbonyl (C=O) groups is 2. The van der Waals surface area contributed by atoms with Crippen LogP contribution in [0.15, 0.2) is 58.6 Å². The molecule has 12 heteroatoms. The van der Waals surface area contributed by atoms with E-state index < -0.39 is 17.5 Å². The van der Waals surface area contributed by atoms with Crippen LogP contribution in [-0.4, -0.2) is 44.3 Å². The molecule has 3 aromatic rings. The molecule has 4 rings (SSSR count). The van der Waals surface area contributed by atoms with E-state index in [9.17, 15) is 19.2 Å². The minimum absolute atomic E-state index is 0.0788. The molecule has 0 saturated heterocycles. The molecule has 10 nitrogen and oxygen atoms in total. The number of nitrogens with zero attached hydrogens (tertiary/aromatic N) is 4. The van der Waals surface area contributed by atoms with Gasteiger partial charge in [-0.15, -0.1) is 0 Å². The van der Waals surface area contributed by atoms with Crippen molar-refractivity contribution in [3.8, 4) is 0 Å². The molecule has 0 N–H and O–H groups in total. The van der Waals surface area contributed by atoms with Gasteiger partial charge in [0.25, 0.3) is 11.1 Å². The lowest BCUT2D eigenvalue weighted by Gasteiger charge is -2.15. The first-order chi connectivity index (χ1) is 18.7. The van der Waals surface area contributed by atoms with Gasteiger partial charge in [-0.2, -0.15) is 0 Å². The topological polar surface area (TPSA) is 122 Å². The summed E-state index contributed by atoms with van der Waals surface area (Å²) in [6.07, 6.45) is 9.49. The Kier molecular flexibility index (Phi) is 10.8. The molecule has 208 valence electrons. The Balaban J connectivity index is 0.000000255. The number of rotatable bonds is 10. The van der Waals surface area contributed by atoms with Gasteiger partial charge in [0.1, 0.15) is 18.8 Å². The Morgan fingerprint density at radius 1 is 0.872 bits per heavy atom. The molecule has 1 aliphatic rings. The van der Waals surface area contributed by atoms with E-state index in [1.54, 1.807) is 20.0 Å². The molecule has 0 spiro atoms. The Morgan fingerprint density at radius 3 is 1.95 bits per heavy atom. The van der Waals surface area contributed by atoms with Crippen molar-refractivity contribution < 1.29 is 19.1 Å². The number of hydrogen-bond acceptors (Lipinski definition) is 8. The molecule has 0 amide bonds. The van der Waals surface area contributed by atoms with E-state index in [2.05, 4.69) is 26.8 Å². The molecule has 1 saturated carbocycles. The van der Waals surface area contributed by atoms with Crippen molar-refractivity contribution in [2.24, 2.45) is 0 Å². The fraction of sp³-hybridized carbons (Fsp3) is 0.407. The molecule has 0 bridgehead atoms. The Bertz CT molecular complexity index is 1400. The average molecular weight is 577 g/mol. The quantitative estimate of drug-likeness (QED) is 0.335. The van der Waals surface area contributed by atoms with Gasteiger partial charge < -0.3 is 18.6 Å². The van der Waals surface area contributed by atoms with Crippen molar-refractivity contribution in [2.45, 2.75) is 58.0 Å². The van der Waals surface area contributed by atoms with E-state index in [-0.39, 0.29) is 35.8 Å². The second-order valence-corrected chi connectivity index (χ2v) is 9.65. The summed E-state index contributed by atoms with van der Waals surface area (Å²) in [5, 5.41) is 0.572. The maximum absolute atomic E-state index is 12.5. The molecule has 0 unspecified atom stereocenters. The molecule has 0 radical (unpaired) electrons. The van der Waals surface area contributed by atoms with Gasteiger partial charge in [0.2, 0.25) is 0 Å². The lowest BCUT2D eigenvalue weighted by atomic mass is 9.90. The number of aromatic nitrogens is 4. The monoisotopic (exact) mass is 576 g/mol. The molecule has 2 aromatic heterocycles.